The lowest BCUT2D eigenvalue weighted by Crippen LogP contribution is -2.56. The summed E-state index contributed by atoms with van der Waals surface area (Å²) < 4.78 is 0. The number of nitrogens with one attached hydrogen (secondary N) is 2. The van der Waals surface area contributed by atoms with Gasteiger partial charge in [-0.25, -0.2) is 0 Å². The lowest BCUT2D eigenvalue weighted by atomic mass is 9.83. The predicted molar refractivity (Wildman–Crippen MR) is 115 cm³/mol. The third-order valence-electron chi connectivity index (χ3n) is 7.00. The van der Waals surface area contributed by atoms with Crippen LogP contribution in [0.5, 0.6) is 0 Å². The number of nitrogens with zero attached hydrogens (tertiary/aromatic N) is 1. The van der Waals surface area contributed by atoms with Crippen molar-refractivity contribution in [3.63, 3.8) is 0 Å². The Morgan fingerprint density at radius 2 is 1.43 bits per heavy atom. The van der Waals surface area contributed by atoms with Crippen molar-refractivity contribution in [2.45, 2.75) is 69.9 Å². The molecule has 3 amide bonds. The summed E-state index contributed by atoms with van der Waals surface area (Å²) in [5.74, 6) is 0.228. The first-order valence-corrected chi connectivity index (χ1v) is 11.6. The van der Waals surface area contributed by atoms with Crippen LogP contribution >= 0.6 is 0 Å². The fourth-order valence-corrected chi connectivity index (χ4v) is 4.92. The highest BCUT2D eigenvalue weighted by atomic mass is 16.2. The second-order valence-corrected chi connectivity index (χ2v) is 9.10. The predicted octanol–water partition coefficient (Wildman–Crippen LogP) is 2.88. The van der Waals surface area contributed by atoms with Crippen LogP contribution in [0.4, 0.5) is 0 Å². The van der Waals surface area contributed by atoms with Gasteiger partial charge in [0.25, 0.3) is 5.91 Å². The molecule has 3 atom stereocenters. The SMILES string of the molecule is O=C(N[C@@H]1CCCCC1NC(=O)C1CCCN(C(=O)C2CCC2)C1)c1ccccc1. The van der Waals surface area contributed by atoms with Gasteiger partial charge in [0.05, 0.1) is 5.92 Å². The Morgan fingerprint density at radius 1 is 0.767 bits per heavy atom. The molecule has 0 aromatic heterocycles. The second kappa shape index (κ2) is 9.63. The number of hydrogen-bond acceptors (Lipinski definition) is 3. The second-order valence-electron chi connectivity index (χ2n) is 9.10. The fourth-order valence-electron chi connectivity index (χ4n) is 4.92. The third-order valence-corrected chi connectivity index (χ3v) is 7.00. The Balaban J connectivity index is 1.33. The van der Waals surface area contributed by atoms with Crippen LogP contribution in [0.25, 0.3) is 0 Å². The van der Waals surface area contributed by atoms with E-state index in [9.17, 15) is 14.4 Å². The van der Waals surface area contributed by atoms with Crippen molar-refractivity contribution in [3.05, 3.63) is 35.9 Å². The van der Waals surface area contributed by atoms with E-state index < -0.39 is 0 Å². The molecule has 6 nitrogen and oxygen atoms in total. The summed E-state index contributed by atoms with van der Waals surface area (Å²) in [6.07, 6.45) is 8.71. The molecule has 1 aromatic rings. The summed E-state index contributed by atoms with van der Waals surface area (Å²) in [6, 6.07) is 9.12. The van der Waals surface area contributed by atoms with Crippen molar-refractivity contribution in [1.29, 1.82) is 0 Å². The molecule has 4 rings (SSSR count). The molecule has 0 bridgehead atoms. The number of piperidine rings is 1. The Kier molecular flexibility index (Phi) is 6.70. The highest BCUT2D eigenvalue weighted by Gasteiger charge is 2.36. The summed E-state index contributed by atoms with van der Waals surface area (Å²) in [4.78, 5) is 40.1. The first kappa shape index (κ1) is 20.9. The van der Waals surface area contributed by atoms with E-state index in [0.717, 1.165) is 64.3 Å². The van der Waals surface area contributed by atoms with Gasteiger partial charge in [0, 0.05) is 36.7 Å². The van der Waals surface area contributed by atoms with Crippen molar-refractivity contribution < 1.29 is 14.4 Å². The number of rotatable bonds is 5. The van der Waals surface area contributed by atoms with Crippen molar-refractivity contribution in [2.24, 2.45) is 11.8 Å². The summed E-state index contributed by atoms with van der Waals surface area (Å²) in [7, 11) is 0. The zero-order valence-corrected chi connectivity index (χ0v) is 17.6. The van der Waals surface area contributed by atoms with Gasteiger partial charge in [-0.3, -0.25) is 14.4 Å². The highest BCUT2D eigenvalue weighted by molar-refractivity contribution is 5.94. The number of likely N-dealkylation sites (tertiary alicyclic amines) is 1. The maximum absolute atomic E-state index is 13.0. The minimum Gasteiger partial charge on any atom is -0.351 e. The number of amides is 3. The van der Waals surface area contributed by atoms with Crippen molar-refractivity contribution in [1.82, 2.24) is 15.5 Å². The number of hydrogen-bond donors (Lipinski definition) is 2. The van der Waals surface area contributed by atoms with E-state index in [1.807, 2.05) is 35.2 Å². The van der Waals surface area contributed by atoms with E-state index in [0.29, 0.717) is 12.1 Å². The molecular formula is C24H33N3O3. The fraction of sp³-hybridized carbons (Fsp3) is 0.625. The monoisotopic (exact) mass is 411 g/mol. The van der Waals surface area contributed by atoms with Crippen LogP contribution in [0, 0.1) is 11.8 Å². The molecule has 0 spiro atoms. The Bertz CT molecular complexity index is 762. The van der Waals surface area contributed by atoms with Gasteiger partial charge < -0.3 is 15.5 Å². The molecule has 1 aromatic carbocycles. The first-order chi connectivity index (χ1) is 14.6. The van der Waals surface area contributed by atoms with Crippen LogP contribution in [-0.2, 0) is 9.59 Å². The quantitative estimate of drug-likeness (QED) is 0.782. The van der Waals surface area contributed by atoms with Crippen molar-refractivity contribution in [2.75, 3.05) is 13.1 Å². The number of benzene rings is 1. The summed E-state index contributed by atoms with van der Waals surface area (Å²) >= 11 is 0. The van der Waals surface area contributed by atoms with Crippen molar-refractivity contribution in [3.8, 4) is 0 Å². The highest BCUT2D eigenvalue weighted by Crippen LogP contribution is 2.30. The number of carbonyl (C=O) groups is 3. The normalized spacial score (nSPS) is 27.1. The molecule has 2 aliphatic carbocycles. The lowest BCUT2D eigenvalue weighted by molar-refractivity contribution is -0.141. The van der Waals surface area contributed by atoms with Gasteiger partial charge in [-0.1, -0.05) is 37.5 Å². The molecular weight excluding hydrogens is 378 g/mol. The molecule has 3 aliphatic rings. The minimum absolute atomic E-state index is 0.0342. The van der Waals surface area contributed by atoms with Gasteiger partial charge in [-0.05, 0) is 50.7 Å². The molecule has 3 fully saturated rings. The molecule has 0 radical (unpaired) electrons. The van der Waals surface area contributed by atoms with Gasteiger partial charge in [-0.15, -0.1) is 0 Å². The van der Waals surface area contributed by atoms with Gasteiger partial charge in [0.1, 0.15) is 0 Å². The van der Waals surface area contributed by atoms with E-state index in [1.54, 1.807) is 0 Å². The van der Waals surface area contributed by atoms with E-state index in [4.69, 9.17) is 0 Å². The molecule has 162 valence electrons. The number of carbonyl (C=O) groups excluding carboxylic acids is 3. The molecule has 2 N–H and O–H groups in total. The van der Waals surface area contributed by atoms with Crippen LogP contribution < -0.4 is 10.6 Å². The molecule has 6 heteroatoms. The average molecular weight is 412 g/mol. The molecule has 30 heavy (non-hydrogen) atoms. The maximum atomic E-state index is 13.0. The zero-order chi connectivity index (χ0) is 20.9. The van der Waals surface area contributed by atoms with E-state index in [1.165, 1.54) is 0 Å². The van der Waals surface area contributed by atoms with E-state index >= 15 is 0 Å². The minimum atomic E-state index is -0.143. The molecule has 1 saturated heterocycles. The van der Waals surface area contributed by atoms with Crippen molar-refractivity contribution >= 4 is 17.7 Å². The maximum Gasteiger partial charge on any atom is 0.251 e. The largest absolute Gasteiger partial charge is 0.351 e. The van der Waals surface area contributed by atoms with Crippen LogP contribution in [0.1, 0.15) is 68.1 Å². The van der Waals surface area contributed by atoms with Gasteiger partial charge in [0.2, 0.25) is 11.8 Å². The Labute approximate surface area is 178 Å². The smallest absolute Gasteiger partial charge is 0.251 e. The van der Waals surface area contributed by atoms with Crippen LogP contribution in [0.3, 0.4) is 0 Å². The summed E-state index contributed by atoms with van der Waals surface area (Å²) in [5.41, 5.74) is 0.644. The molecule has 1 aliphatic heterocycles. The third kappa shape index (κ3) is 4.85. The van der Waals surface area contributed by atoms with E-state index in [2.05, 4.69) is 10.6 Å². The van der Waals surface area contributed by atoms with Crippen LogP contribution in [0.15, 0.2) is 30.3 Å². The molecule has 1 heterocycles. The molecule has 2 unspecified atom stereocenters. The summed E-state index contributed by atoms with van der Waals surface area (Å²) in [6.45, 7) is 1.31. The van der Waals surface area contributed by atoms with Crippen LogP contribution in [-0.4, -0.2) is 47.8 Å². The Hall–Kier alpha value is -2.37. The van der Waals surface area contributed by atoms with Gasteiger partial charge >= 0.3 is 0 Å². The Morgan fingerprint density at radius 3 is 2.10 bits per heavy atom. The average Bonchev–Trinajstić information content (AvgIpc) is 2.74. The van der Waals surface area contributed by atoms with Gasteiger partial charge in [-0.2, -0.15) is 0 Å². The van der Waals surface area contributed by atoms with Crippen LogP contribution in [0.2, 0.25) is 0 Å². The summed E-state index contributed by atoms with van der Waals surface area (Å²) in [5, 5.41) is 6.35. The topological polar surface area (TPSA) is 78.5 Å². The lowest BCUT2D eigenvalue weighted by Gasteiger charge is -2.38. The zero-order valence-electron chi connectivity index (χ0n) is 17.6. The van der Waals surface area contributed by atoms with Gasteiger partial charge in [0.15, 0.2) is 0 Å². The van der Waals surface area contributed by atoms with E-state index in [-0.39, 0.29) is 41.6 Å². The standard InChI is InChI=1S/C24H33N3O3/c28-22(17-8-2-1-3-9-17)25-20-13-4-5-14-21(20)26-23(29)19-12-7-15-27(16-19)24(30)18-10-6-11-18/h1-3,8-9,18-21H,4-7,10-16H2,(H,25,28)(H,26,29)/t19?,20-,21?/m1/s1. The molecule has 2 saturated carbocycles. The first-order valence-electron chi connectivity index (χ1n) is 11.6.